The van der Waals surface area contributed by atoms with E-state index < -0.39 is 15.9 Å². The van der Waals surface area contributed by atoms with E-state index in [0.29, 0.717) is 10.6 Å². The number of carbonyl (C=O) groups excluding carboxylic acids is 1. The molecule has 0 atom stereocenters. The van der Waals surface area contributed by atoms with Crippen LogP contribution in [0.1, 0.15) is 46.6 Å². The minimum atomic E-state index is -3.93. The van der Waals surface area contributed by atoms with Gasteiger partial charge in [-0.3, -0.25) is 4.79 Å². The zero-order valence-corrected chi connectivity index (χ0v) is 15.4. The molecule has 1 N–H and O–H groups in total. The van der Waals surface area contributed by atoms with E-state index in [0.717, 1.165) is 16.9 Å². The lowest BCUT2D eigenvalue weighted by Gasteiger charge is -2.20. The van der Waals surface area contributed by atoms with Crippen LogP contribution in [0.25, 0.3) is 0 Å². The van der Waals surface area contributed by atoms with Gasteiger partial charge in [-0.25, -0.2) is 18.1 Å². The number of benzene rings is 1. The minimum Gasteiger partial charge on any atom is -0.267 e. The van der Waals surface area contributed by atoms with E-state index in [-0.39, 0.29) is 15.2 Å². The summed E-state index contributed by atoms with van der Waals surface area (Å²) in [4.78, 5) is 16.5. The van der Waals surface area contributed by atoms with Crippen LogP contribution in [-0.4, -0.2) is 19.3 Å². The molecular formula is C16H20N2O3S2. The van der Waals surface area contributed by atoms with E-state index in [2.05, 4.69) is 9.71 Å². The van der Waals surface area contributed by atoms with Crippen LogP contribution in [0.5, 0.6) is 0 Å². The number of amides is 1. The average Bonchev–Trinajstić information content (AvgIpc) is 2.84. The summed E-state index contributed by atoms with van der Waals surface area (Å²) in [6.45, 7) is 9.49. The summed E-state index contributed by atoms with van der Waals surface area (Å²) in [6.07, 6.45) is 1.38. The van der Waals surface area contributed by atoms with Gasteiger partial charge in [0.25, 0.3) is 15.9 Å². The maximum atomic E-state index is 12.6. The summed E-state index contributed by atoms with van der Waals surface area (Å²) >= 11 is 1.16. The second kappa shape index (κ2) is 6.05. The number of sulfonamides is 1. The molecule has 0 saturated heterocycles. The van der Waals surface area contributed by atoms with Gasteiger partial charge < -0.3 is 0 Å². The fraction of sp³-hybridized carbons (Fsp3) is 0.375. The first-order valence-electron chi connectivity index (χ1n) is 7.11. The molecule has 124 valence electrons. The maximum absolute atomic E-state index is 12.6. The van der Waals surface area contributed by atoms with Gasteiger partial charge in [-0.1, -0.05) is 32.9 Å². The Hall–Kier alpha value is -1.73. The van der Waals surface area contributed by atoms with Crippen LogP contribution in [-0.2, 0) is 15.4 Å². The average molecular weight is 352 g/mol. The summed E-state index contributed by atoms with van der Waals surface area (Å²) in [6, 6.07) is 5.29. The first kappa shape index (κ1) is 17.6. The molecule has 1 heterocycles. The van der Waals surface area contributed by atoms with Gasteiger partial charge in [0.2, 0.25) is 0 Å². The van der Waals surface area contributed by atoms with E-state index in [1.165, 1.54) is 6.20 Å². The number of nitrogens with one attached hydrogen (secondary N) is 1. The molecular weight excluding hydrogens is 332 g/mol. The van der Waals surface area contributed by atoms with Gasteiger partial charge in [0.1, 0.15) is 4.88 Å². The highest BCUT2D eigenvalue weighted by atomic mass is 32.2. The highest BCUT2D eigenvalue weighted by Crippen LogP contribution is 2.26. The number of aromatic nitrogens is 1. The second-order valence-electron chi connectivity index (χ2n) is 6.41. The van der Waals surface area contributed by atoms with Gasteiger partial charge in [0, 0.05) is 0 Å². The third-order valence-electron chi connectivity index (χ3n) is 3.42. The van der Waals surface area contributed by atoms with Crippen LogP contribution in [0, 0.1) is 13.8 Å². The van der Waals surface area contributed by atoms with Gasteiger partial charge in [0.05, 0.1) is 16.1 Å². The number of hydrogen-bond donors (Lipinski definition) is 1. The topological polar surface area (TPSA) is 76.1 Å². The maximum Gasteiger partial charge on any atom is 0.276 e. The largest absolute Gasteiger partial charge is 0.276 e. The fourth-order valence-corrected chi connectivity index (χ4v) is 4.03. The highest BCUT2D eigenvalue weighted by molar-refractivity contribution is 7.90. The van der Waals surface area contributed by atoms with E-state index in [9.17, 15) is 13.2 Å². The van der Waals surface area contributed by atoms with Crippen LogP contribution in [0.4, 0.5) is 0 Å². The summed E-state index contributed by atoms with van der Waals surface area (Å²) in [5, 5.41) is 0.707. The Kier molecular flexibility index (Phi) is 4.64. The van der Waals surface area contributed by atoms with Crippen LogP contribution in [0.2, 0.25) is 0 Å². The van der Waals surface area contributed by atoms with Crippen molar-refractivity contribution < 1.29 is 13.2 Å². The van der Waals surface area contributed by atoms with E-state index in [1.807, 2.05) is 26.8 Å². The molecule has 1 aromatic heterocycles. The molecule has 0 unspecified atom stereocenters. The Morgan fingerprint density at radius 1 is 1.22 bits per heavy atom. The summed E-state index contributed by atoms with van der Waals surface area (Å²) in [5.41, 5.74) is 1.31. The molecule has 0 fully saturated rings. The predicted octanol–water partition coefficient (Wildman–Crippen LogP) is 3.18. The van der Waals surface area contributed by atoms with Gasteiger partial charge in [-0.05, 0) is 36.5 Å². The Balaban J connectivity index is 2.38. The van der Waals surface area contributed by atoms with Gasteiger partial charge >= 0.3 is 0 Å². The normalized spacial score (nSPS) is 12.2. The zero-order chi connectivity index (χ0) is 17.4. The molecule has 0 aliphatic carbocycles. The lowest BCUT2D eigenvalue weighted by molar-refractivity contribution is 0.0985. The monoisotopic (exact) mass is 352 g/mol. The number of aryl methyl sites for hydroxylation is 2. The van der Waals surface area contributed by atoms with Gasteiger partial charge in [0.15, 0.2) is 0 Å². The molecule has 5 nitrogen and oxygen atoms in total. The fourth-order valence-electron chi connectivity index (χ4n) is 2.05. The van der Waals surface area contributed by atoms with Crippen molar-refractivity contribution in [1.82, 2.24) is 9.71 Å². The van der Waals surface area contributed by atoms with Crippen LogP contribution in [0.3, 0.4) is 0 Å². The van der Waals surface area contributed by atoms with Crippen molar-refractivity contribution in [1.29, 1.82) is 0 Å². The summed E-state index contributed by atoms with van der Waals surface area (Å²) in [7, 11) is -3.93. The molecule has 7 heteroatoms. The molecule has 0 radical (unpaired) electrons. The Labute approximate surface area is 140 Å². The Bertz CT molecular complexity index is 846. The molecule has 2 rings (SSSR count). The molecule has 2 aromatic rings. The van der Waals surface area contributed by atoms with Gasteiger partial charge in [-0.2, -0.15) is 0 Å². The molecule has 1 aromatic carbocycles. The van der Waals surface area contributed by atoms with E-state index in [1.54, 1.807) is 26.0 Å². The van der Waals surface area contributed by atoms with Crippen molar-refractivity contribution in [2.45, 2.75) is 44.9 Å². The first-order chi connectivity index (χ1) is 10.5. The van der Waals surface area contributed by atoms with Crippen molar-refractivity contribution in [3.63, 3.8) is 0 Å². The zero-order valence-electron chi connectivity index (χ0n) is 13.8. The van der Waals surface area contributed by atoms with Gasteiger partial charge in [-0.15, -0.1) is 11.3 Å². The Morgan fingerprint density at radius 3 is 2.39 bits per heavy atom. The lowest BCUT2D eigenvalue weighted by Crippen LogP contribution is -2.30. The molecule has 0 spiro atoms. The standard InChI is InChI=1S/C16H20N2O3S2/c1-10-6-7-12(16(3,4)5)8-14(10)23(20,21)18-15(19)13-9-17-11(2)22-13/h6-9H,1-5H3,(H,18,19). The predicted molar refractivity (Wildman–Crippen MR) is 91.4 cm³/mol. The summed E-state index contributed by atoms with van der Waals surface area (Å²) < 4.78 is 27.3. The molecule has 0 aliphatic heterocycles. The van der Waals surface area contributed by atoms with Crippen molar-refractivity contribution in [2.24, 2.45) is 0 Å². The van der Waals surface area contributed by atoms with Crippen molar-refractivity contribution in [3.05, 3.63) is 45.4 Å². The van der Waals surface area contributed by atoms with Crippen molar-refractivity contribution in [2.75, 3.05) is 0 Å². The smallest absolute Gasteiger partial charge is 0.267 e. The first-order valence-corrected chi connectivity index (χ1v) is 9.41. The number of nitrogens with zero attached hydrogens (tertiary/aromatic N) is 1. The van der Waals surface area contributed by atoms with Crippen LogP contribution in [0.15, 0.2) is 29.3 Å². The number of hydrogen-bond acceptors (Lipinski definition) is 5. The number of thiazole rings is 1. The third-order valence-corrected chi connectivity index (χ3v) is 5.80. The van der Waals surface area contributed by atoms with Crippen LogP contribution < -0.4 is 4.72 Å². The summed E-state index contributed by atoms with van der Waals surface area (Å²) in [5.74, 6) is -0.656. The van der Waals surface area contributed by atoms with Crippen molar-refractivity contribution >= 4 is 27.3 Å². The van der Waals surface area contributed by atoms with Crippen molar-refractivity contribution in [3.8, 4) is 0 Å². The SMILES string of the molecule is Cc1ncc(C(=O)NS(=O)(=O)c2cc(C(C)(C)C)ccc2C)s1. The quantitative estimate of drug-likeness (QED) is 0.920. The third kappa shape index (κ3) is 3.97. The molecule has 1 amide bonds. The highest BCUT2D eigenvalue weighted by Gasteiger charge is 2.24. The minimum absolute atomic E-state index is 0.125. The number of rotatable bonds is 3. The van der Waals surface area contributed by atoms with E-state index in [4.69, 9.17) is 0 Å². The number of carbonyl (C=O) groups is 1. The Morgan fingerprint density at radius 2 is 1.87 bits per heavy atom. The molecule has 0 saturated carbocycles. The van der Waals surface area contributed by atoms with E-state index >= 15 is 0 Å². The van der Waals surface area contributed by atoms with Crippen LogP contribution >= 0.6 is 11.3 Å². The molecule has 0 bridgehead atoms. The molecule has 23 heavy (non-hydrogen) atoms. The molecule has 0 aliphatic rings. The second-order valence-corrected chi connectivity index (χ2v) is 9.29. The lowest BCUT2D eigenvalue weighted by atomic mass is 9.87.